The Morgan fingerprint density at radius 3 is 2.88 bits per heavy atom. The van der Waals surface area contributed by atoms with E-state index in [0.717, 1.165) is 0 Å². The summed E-state index contributed by atoms with van der Waals surface area (Å²) in [6, 6.07) is 6.30. The summed E-state index contributed by atoms with van der Waals surface area (Å²) in [5.41, 5.74) is 6.34. The number of anilines is 2. The Balaban J connectivity index is 2.22. The molecule has 1 aromatic carbocycles. The molecule has 1 heterocycles. The van der Waals surface area contributed by atoms with E-state index in [-0.39, 0.29) is 5.91 Å². The zero-order valence-electron chi connectivity index (χ0n) is 9.03. The monoisotopic (exact) mass is 251 g/mol. The molecule has 0 bridgehead atoms. The van der Waals surface area contributed by atoms with Crippen LogP contribution in [0.15, 0.2) is 28.8 Å². The minimum Gasteiger partial charge on any atom is -0.398 e. The van der Waals surface area contributed by atoms with Crippen molar-refractivity contribution in [3.63, 3.8) is 0 Å². The van der Waals surface area contributed by atoms with Crippen LogP contribution in [0.25, 0.3) is 0 Å². The van der Waals surface area contributed by atoms with E-state index in [1.165, 1.54) is 6.07 Å². The number of halogens is 1. The average molecular weight is 252 g/mol. The second-order valence-electron chi connectivity index (χ2n) is 3.51. The highest BCUT2D eigenvalue weighted by molar-refractivity contribution is 6.31. The predicted molar refractivity (Wildman–Crippen MR) is 65.1 cm³/mol. The minimum absolute atomic E-state index is 0.304. The Hall–Kier alpha value is -2.01. The first-order valence-corrected chi connectivity index (χ1v) is 5.24. The molecular weight excluding hydrogens is 242 g/mol. The van der Waals surface area contributed by atoms with Gasteiger partial charge in [-0.15, -0.1) is 0 Å². The summed E-state index contributed by atoms with van der Waals surface area (Å²) >= 11 is 5.80. The number of aromatic nitrogens is 1. The van der Waals surface area contributed by atoms with Crippen LogP contribution < -0.4 is 11.1 Å². The quantitative estimate of drug-likeness (QED) is 0.804. The van der Waals surface area contributed by atoms with Crippen molar-refractivity contribution in [3.8, 4) is 0 Å². The molecule has 88 valence electrons. The first-order valence-electron chi connectivity index (χ1n) is 4.86. The second-order valence-corrected chi connectivity index (χ2v) is 3.94. The highest BCUT2D eigenvalue weighted by atomic mass is 35.5. The summed E-state index contributed by atoms with van der Waals surface area (Å²) in [6.07, 6.45) is 0. The van der Waals surface area contributed by atoms with Crippen molar-refractivity contribution >= 4 is 29.0 Å². The van der Waals surface area contributed by atoms with Gasteiger partial charge in [-0.1, -0.05) is 16.8 Å². The number of amides is 1. The van der Waals surface area contributed by atoms with E-state index >= 15 is 0 Å². The molecule has 0 aliphatic heterocycles. The highest BCUT2D eigenvalue weighted by Crippen LogP contribution is 2.19. The standard InChI is InChI=1S/C11H10ClN3O2/c1-6-4-10(15-17-6)14-11(16)8-5-7(12)2-3-9(8)13/h2-5H,13H2,1H3,(H,14,15,16). The lowest BCUT2D eigenvalue weighted by Gasteiger charge is -2.05. The van der Waals surface area contributed by atoms with Crippen molar-refractivity contribution in [1.29, 1.82) is 0 Å². The van der Waals surface area contributed by atoms with Crippen molar-refractivity contribution < 1.29 is 9.32 Å². The molecule has 0 unspecified atom stereocenters. The van der Waals surface area contributed by atoms with Crippen molar-refractivity contribution in [2.24, 2.45) is 0 Å². The molecule has 5 nitrogen and oxygen atoms in total. The van der Waals surface area contributed by atoms with E-state index in [2.05, 4.69) is 10.5 Å². The maximum Gasteiger partial charge on any atom is 0.259 e. The number of hydrogen-bond acceptors (Lipinski definition) is 4. The van der Waals surface area contributed by atoms with Crippen molar-refractivity contribution in [1.82, 2.24) is 5.16 Å². The van der Waals surface area contributed by atoms with Gasteiger partial charge >= 0.3 is 0 Å². The van der Waals surface area contributed by atoms with Crippen LogP contribution in [0.1, 0.15) is 16.1 Å². The topological polar surface area (TPSA) is 81.2 Å². The molecule has 0 fully saturated rings. The van der Waals surface area contributed by atoms with Gasteiger partial charge in [-0.05, 0) is 25.1 Å². The number of nitrogens with one attached hydrogen (secondary N) is 1. The summed E-state index contributed by atoms with van der Waals surface area (Å²) in [5, 5.41) is 6.66. The number of carbonyl (C=O) groups is 1. The van der Waals surface area contributed by atoms with Crippen LogP contribution in [0.3, 0.4) is 0 Å². The molecule has 6 heteroatoms. The lowest BCUT2D eigenvalue weighted by molar-refractivity contribution is 0.102. The molecule has 0 spiro atoms. The second kappa shape index (κ2) is 4.47. The minimum atomic E-state index is -0.377. The first-order chi connectivity index (χ1) is 8.06. The van der Waals surface area contributed by atoms with Crippen LogP contribution in [-0.4, -0.2) is 11.1 Å². The Labute approximate surface area is 103 Å². The normalized spacial score (nSPS) is 10.2. The van der Waals surface area contributed by atoms with Gasteiger partial charge in [0.25, 0.3) is 5.91 Å². The highest BCUT2D eigenvalue weighted by Gasteiger charge is 2.12. The lowest BCUT2D eigenvalue weighted by Crippen LogP contribution is -2.14. The van der Waals surface area contributed by atoms with E-state index in [1.807, 2.05) is 0 Å². The zero-order chi connectivity index (χ0) is 12.4. The van der Waals surface area contributed by atoms with Gasteiger partial charge in [-0.25, -0.2) is 0 Å². The van der Waals surface area contributed by atoms with Crippen LogP contribution in [0, 0.1) is 6.92 Å². The average Bonchev–Trinajstić information content (AvgIpc) is 2.67. The van der Waals surface area contributed by atoms with E-state index < -0.39 is 0 Å². The third kappa shape index (κ3) is 2.57. The Kier molecular flexibility index (Phi) is 3.01. The number of nitrogens with zero attached hydrogens (tertiary/aromatic N) is 1. The van der Waals surface area contributed by atoms with Gasteiger partial charge in [-0.3, -0.25) is 4.79 Å². The lowest BCUT2D eigenvalue weighted by atomic mass is 10.1. The van der Waals surface area contributed by atoms with Crippen LogP contribution in [0.5, 0.6) is 0 Å². The Bertz CT molecular complexity index is 566. The molecule has 0 saturated carbocycles. The number of benzene rings is 1. The molecule has 1 aromatic heterocycles. The van der Waals surface area contributed by atoms with Crippen LogP contribution in [0.4, 0.5) is 11.5 Å². The smallest absolute Gasteiger partial charge is 0.259 e. The van der Waals surface area contributed by atoms with Crippen LogP contribution in [0.2, 0.25) is 5.02 Å². The SMILES string of the molecule is Cc1cc(NC(=O)c2cc(Cl)ccc2N)no1. The maximum atomic E-state index is 11.9. The van der Waals surface area contributed by atoms with Gasteiger partial charge in [0, 0.05) is 16.8 Å². The van der Waals surface area contributed by atoms with Crippen LogP contribution >= 0.6 is 11.6 Å². The Morgan fingerprint density at radius 1 is 1.47 bits per heavy atom. The number of aryl methyl sites for hydroxylation is 1. The van der Waals surface area contributed by atoms with Gasteiger partial charge in [0.1, 0.15) is 5.76 Å². The van der Waals surface area contributed by atoms with Crippen molar-refractivity contribution in [2.75, 3.05) is 11.1 Å². The van der Waals surface area contributed by atoms with Gasteiger partial charge in [-0.2, -0.15) is 0 Å². The zero-order valence-corrected chi connectivity index (χ0v) is 9.78. The predicted octanol–water partition coefficient (Wildman–Crippen LogP) is 2.47. The summed E-state index contributed by atoms with van der Waals surface area (Å²) in [5.74, 6) is 0.574. The van der Waals surface area contributed by atoms with E-state index in [9.17, 15) is 4.79 Å². The summed E-state index contributed by atoms with van der Waals surface area (Å²) in [4.78, 5) is 11.9. The third-order valence-corrected chi connectivity index (χ3v) is 2.36. The number of hydrogen-bond donors (Lipinski definition) is 2. The summed E-state index contributed by atoms with van der Waals surface area (Å²) in [6.45, 7) is 1.73. The molecule has 1 amide bonds. The summed E-state index contributed by atoms with van der Waals surface area (Å²) in [7, 11) is 0. The molecule has 17 heavy (non-hydrogen) atoms. The molecule has 2 rings (SSSR count). The molecule has 0 atom stereocenters. The van der Waals surface area contributed by atoms with Gasteiger partial charge in [0.15, 0.2) is 5.82 Å². The molecule has 0 aliphatic rings. The van der Waals surface area contributed by atoms with E-state index in [0.29, 0.717) is 27.9 Å². The molecule has 2 aromatic rings. The maximum absolute atomic E-state index is 11.9. The van der Waals surface area contributed by atoms with Crippen molar-refractivity contribution in [2.45, 2.75) is 6.92 Å². The molecule has 0 aliphatic carbocycles. The fourth-order valence-electron chi connectivity index (χ4n) is 1.33. The first kappa shape index (κ1) is 11.5. The number of carbonyl (C=O) groups excluding carboxylic acids is 1. The molecule has 0 saturated heterocycles. The largest absolute Gasteiger partial charge is 0.398 e. The number of nitrogen functional groups attached to an aromatic ring is 1. The van der Waals surface area contributed by atoms with Gasteiger partial charge < -0.3 is 15.6 Å². The van der Waals surface area contributed by atoms with E-state index in [4.69, 9.17) is 21.9 Å². The Morgan fingerprint density at radius 2 is 2.24 bits per heavy atom. The number of nitrogens with two attached hydrogens (primary N) is 1. The van der Waals surface area contributed by atoms with Gasteiger partial charge in [0.2, 0.25) is 0 Å². The summed E-state index contributed by atoms with van der Waals surface area (Å²) < 4.78 is 4.83. The molecule has 3 N–H and O–H groups in total. The fourth-order valence-corrected chi connectivity index (χ4v) is 1.51. The van der Waals surface area contributed by atoms with E-state index in [1.54, 1.807) is 25.1 Å². The van der Waals surface area contributed by atoms with Crippen molar-refractivity contribution in [3.05, 3.63) is 40.6 Å². The fraction of sp³-hybridized carbons (Fsp3) is 0.0909. The molecule has 0 radical (unpaired) electrons. The number of rotatable bonds is 2. The van der Waals surface area contributed by atoms with Gasteiger partial charge in [0.05, 0.1) is 5.56 Å². The van der Waals surface area contributed by atoms with Crippen LogP contribution in [-0.2, 0) is 0 Å². The molecular formula is C11H10ClN3O2. The third-order valence-electron chi connectivity index (χ3n) is 2.13.